The Morgan fingerprint density at radius 3 is 2.38 bits per heavy atom. The zero-order valence-electron chi connectivity index (χ0n) is 14.3. The Labute approximate surface area is 151 Å². The number of amides is 1. The third-order valence-electron chi connectivity index (χ3n) is 3.75. The van der Waals surface area contributed by atoms with Gasteiger partial charge in [0.15, 0.2) is 11.6 Å². The van der Waals surface area contributed by atoms with Gasteiger partial charge in [0.2, 0.25) is 15.9 Å². The van der Waals surface area contributed by atoms with Crippen molar-refractivity contribution in [2.24, 2.45) is 0 Å². The first-order valence-electron chi connectivity index (χ1n) is 8.03. The number of anilines is 1. The van der Waals surface area contributed by atoms with Gasteiger partial charge in [0, 0.05) is 31.8 Å². The first kappa shape index (κ1) is 20.0. The fourth-order valence-electron chi connectivity index (χ4n) is 2.40. The van der Waals surface area contributed by atoms with E-state index >= 15 is 0 Å². The van der Waals surface area contributed by atoms with Gasteiger partial charge in [-0.3, -0.25) is 4.79 Å². The van der Waals surface area contributed by atoms with Crippen LogP contribution in [0.2, 0.25) is 0 Å². The van der Waals surface area contributed by atoms with E-state index < -0.39 is 27.6 Å². The summed E-state index contributed by atoms with van der Waals surface area (Å²) in [6.07, 6.45) is 0.371. The molecule has 0 aliphatic heterocycles. The molecule has 0 bridgehead atoms. The number of sulfonamides is 1. The predicted octanol–water partition coefficient (Wildman–Crippen LogP) is 2.48. The van der Waals surface area contributed by atoms with Gasteiger partial charge >= 0.3 is 0 Å². The molecule has 26 heavy (non-hydrogen) atoms. The Hall–Kier alpha value is -2.32. The summed E-state index contributed by atoms with van der Waals surface area (Å²) in [5.74, 6) is -2.57. The van der Waals surface area contributed by atoms with E-state index in [-0.39, 0.29) is 24.5 Å². The topological polar surface area (TPSA) is 66.5 Å². The van der Waals surface area contributed by atoms with E-state index in [1.54, 1.807) is 0 Å². The molecule has 2 rings (SSSR count). The van der Waals surface area contributed by atoms with Crippen molar-refractivity contribution < 1.29 is 22.0 Å². The number of hydrogen-bond donors (Lipinski definition) is 1. The van der Waals surface area contributed by atoms with Gasteiger partial charge in [-0.2, -0.15) is 0 Å². The lowest BCUT2D eigenvalue weighted by molar-refractivity contribution is -0.116. The van der Waals surface area contributed by atoms with Gasteiger partial charge in [-0.1, -0.05) is 30.3 Å². The molecule has 1 amide bonds. The summed E-state index contributed by atoms with van der Waals surface area (Å²) in [5.41, 5.74) is 1.07. The molecule has 2 aromatic rings. The molecule has 0 saturated carbocycles. The summed E-state index contributed by atoms with van der Waals surface area (Å²) < 4.78 is 52.9. The number of nitrogens with zero attached hydrogens (tertiary/aromatic N) is 1. The van der Waals surface area contributed by atoms with E-state index in [9.17, 15) is 22.0 Å². The normalized spacial score (nSPS) is 11.3. The first-order chi connectivity index (χ1) is 12.3. The van der Waals surface area contributed by atoms with E-state index in [2.05, 4.69) is 4.72 Å². The Balaban J connectivity index is 1.92. The molecule has 0 radical (unpaired) electrons. The molecule has 0 atom stereocenters. The van der Waals surface area contributed by atoms with Crippen molar-refractivity contribution in [1.29, 1.82) is 0 Å². The van der Waals surface area contributed by atoms with Crippen LogP contribution in [0.1, 0.15) is 12.5 Å². The largest absolute Gasteiger partial charge is 0.311 e. The minimum Gasteiger partial charge on any atom is -0.311 e. The highest BCUT2D eigenvalue weighted by Crippen LogP contribution is 2.18. The van der Waals surface area contributed by atoms with Crippen LogP contribution in [0.25, 0.3) is 0 Å². The molecule has 1 N–H and O–H groups in total. The second kappa shape index (κ2) is 8.86. The summed E-state index contributed by atoms with van der Waals surface area (Å²) in [7, 11) is -3.52. The number of rotatable bonds is 8. The smallest absolute Gasteiger partial charge is 0.223 e. The Bertz CT molecular complexity index is 858. The highest BCUT2D eigenvalue weighted by molar-refractivity contribution is 7.89. The molecule has 0 heterocycles. The highest BCUT2D eigenvalue weighted by Gasteiger charge is 2.16. The Kier molecular flexibility index (Phi) is 6.82. The van der Waals surface area contributed by atoms with Crippen molar-refractivity contribution in [2.75, 3.05) is 23.7 Å². The zero-order valence-corrected chi connectivity index (χ0v) is 15.1. The number of nitrogens with one attached hydrogen (secondary N) is 1. The van der Waals surface area contributed by atoms with Crippen LogP contribution in [0.3, 0.4) is 0 Å². The summed E-state index contributed by atoms with van der Waals surface area (Å²) in [6.45, 7) is 1.24. The van der Waals surface area contributed by atoms with E-state index in [4.69, 9.17) is 0 Å². The summed E-state index contributed by atoms with van der Waals surface area (Å²) in [4.78, 5) is 12.9. The van der Waals surface area contributed by atoms with Gasteiger partial charge in [0.25, 0.3) is 0 Å². The van der Waals surface area contributed by atoms with E-state index in [1.807, 2.05) is 30.3 Å². The van der Waals surface area contributed by atoms with Crippen molar-refractivity contribution in [2.45, 2.75) is 13.3 Å². The van der Waals surface area contributed by atoms with Gasteiger partial charge in [-0.15, -0.1) is 0 Å². The molecule has 0 aromatic heterocycles. The van der Waals surface area contributed by atoms with Crippen LogP contribution in [0.4, 0.5) is 14.5 Å². The van der Waals surface area contributed by atoms with Crippen molar-refractivity contribution in [1.82, 2.24) is 4.72 Å². The number of aryl methyl sites for hydroxylation is 1. The maximum absolute atomic E-state index is 13.4. The fourth-order valence-corrected chi connectivity index (χ4v) is 3.45. The molecule has 8 heteroatoms. The van der Waals surface area contributed by atoms with Crippen LogP contribution >= 0.6 is 0 Å². The van der Waals surface area contributed by atoms with Gasteiger partial charge in [-0.05, 0) is 24.1 Å². The van der Waals surface area contributed by atoms with Crippen LogP contribution in [0.15, 0.2) is 48.5 Å². The summed E-state index contributed by atoms with van der Waals surface area (Å²) in [5, 5.41) is 0. The molecule has 5 nitrogen and oxygen atoms in total. The van der Waals surface area contributed by atoms with E-state index in [0.717, 1.165) is 17.7 Å². The van der Waals surface area contributed by atoms with Crippen LogP contribution in [-0.4, -0.2) is 33.2 Å². The van der Waals surface area contributed by atoms with Gasteiger partial charge in [0.05, 0.1) is 5.75 Å². The summed E-state index contributed by atoms with van der Waals surface area (Å²) in [6, 6.07) is 12.3. The number of benzene rings is 2. The zero-order chi connectivity index (χ0) is 19.2. The number of halogens is 2. The SMILES string of the molecule is CC(=O)N(CCNS(=O)(=O)CCc1ccccc1)c1ccc(F)c(F)c1. The molecule has 0 fully saturated rings. The lowest BCUT2D eigenvalue weighted by Gasteiger charge is -2.21. The monoisotopic (exact) mass is 382 g/mol. The third-order valence-corrected chi connectivity index (χ3v) is 5.14. The molecule has 0 unspecified atom stereocenters. The Morgan fingerprint density at radius 1 is 1.08 bits per heavy atom. The average Bonchev–Trinajstić information content (AvgIpc) is 2.60. The molecular formula is C18H20F2N2O3S. The molecule has 0 spiro atoms. The minimum absolute atomic E-state index is 0.00493. The lowest BCUT2D eigenvalue weighted by Crippen LogP contribution is -2.38. The van der Waals surface area contributed by atoms with Crippen molar-refractivity contribution in [3.8, 4) is 0 Å². The number of carbonyl (C=O) groups is 1. The van der Waals surface area contributed by atoms with Crippen molar-refractivity contribution in [3.05, 3.63) is 65.7 Å². The fraction of sp³-hybridized carbons (Fsp3) is 0.278. The van der Waals surface area contributed by atoms with Gasteiger partial charge in [-0.25, -0.2) is 21.9 Å². The van der Waals surface area contributed by atoms with Crippen molar-refractivity contribution >= 4 is 21.6 Å². The van der Waals surface area contributed by atoms with E-state index in [0.29, 0.717) is 6.42 Å². The molecule has 140 valence electrons. The minimum atomic E-state index is -3.52. The average molecular weight is 382 g/mol. The van der Waals surface area contributed by atoms with Crippen LogP contribution in [-0.2, 0) is 21.2 Å². The molecule has 0 aliphatic rings. The number of carbonyl (C=O) groups excluding carboxylic acids is 1. The predicted molar refractivity (Wildman–Crippen MR) is 96.3 cm³/mol. The first-order valence-corrected chi connectivity index (χ1v) is 9.68. The summed E-state index contributed by atoms with van der Waals surface area (Å²) >= 11 is 0. The maximum atomic E-state index is 13.4. The number of hydrogen-bond acceptors (Lipinski definition) is 3. The van der Waals surface area contributed by atoms with Crippen LogP contribution in [0, 0.1) is 11.6 Å². The molecule has 0 saturated heterocycles. The second-order valence-electron chi connectivity index (χ2n) is 5.72. The standard InChI is InChI=1S/C18H20F2N2O3S/c1-14(23)22(16-7-8-17(19)18(20)13-16)11-10-21-26(24,25)12-9-15-5-3-2-4-6-15/h2-8,13,21H,9-12H2,1H3. The van der Waals surface area contributed by atoms with Crippen LogP contribution < -0.4 is 9.62 Å². The lowest BCUT2D eigenvalue weighted by atomic mass is 10.2. The van der Waals surface area contributed by atoms with Crippen LogP contribution in [0.5, 0.6) is 0 Å². The third kappa shape index (κ3) is 5.89. The second-order valence-corrected chi connectivity index (χ2v) is 7.64. The van der Waals surface area contributed by atoms with Gasteiger partial charge in [0.1, 0.15) is 0 Å². The highest BCUT2D eigenvalue weighted by atomic mass is 32.2. The maximum Gasteiger partial charge on any atom is 0.223 e. The Morgan fingerprint density at radius 2 is 1.77 bits per heavy atom. The van der Waals surface area contributed by atoms with Crippen molar-refractivity contribution in [3.63, 3.8) is 0 Å². The van der Waals surface area contributed by atoms with Gasteiger partial charge < -0.3 is 4.90 Å². The molecular weight excluding hydrogens is 362 g/mol. The quantitative estimate of drug-likeness (QED) is 0.763. The molecule has 0 aliphatic carbocycles. The van der Waals surface area contributed by atoms with E-state index in [1.165, 1.54) is 17.9 Å². The molecule has 2 aromatic carbocycles.